The molecule has 6 nitrogen and oxygen atoms in total. The number of ether oxygens (including phenoxy) is 2. The number of hydrogen-bond acceptors (Lipinski definition) is 4. The van der Waals surface area contributed by atoms with E-state index in [-0.39, 0.29) is 24.5 Å². The number of rotatable bonds is 6. The molecular weight excluding hydrogens is 272 g/mol. The Kier molecular flexibility index (Phi) is 5.71. The summed E-state index contributed by atoms with van der Waals surface area (Å²) in [6, 6.07) is 6.88. The zero-order chi connectivity index (χ0) is 15.1. The zero-order valence-corrected chi connectivity index (χ0v) is 12.1. The molecule has 1 aromatic carbocycles. The summed E-state index contributed by atoms with van der Waals surface area (Å²) in [5.74, 6) is -0.518. The summed E-state index contributed by atoms with van der Waals surface area (Å²) in [4.78, 5) is 23.8. The molecule has 114 valence electrons. The van der Waals surface area contributed by atoms with Crippen molar-refractivity contribution >= 4 is 17.5 Å². The van der Waals surface area contributed by atoms with Gasteiger partial charge in [-0.3, -0.25) is 9.59 Å². The molecule has 0 saturated carbocycles. The van der Waals surface area contributed by atoms with Gasteiger partial charge in [0.1, 0.15) is 6.61 Å². The average Bonchev–Trinajstić information content (AvgIpc) is 2.99. The smallest absolute Gasteiger partial charge is 0.253 e. The third kappa shape index (κ3) is 4.54. The van der Waals surface area contributed by atoms with Crippen molar-refractivity contribution in [1.29, 1.82) is 0 Å². The Balaban J connectivity index is 1.97. The van der Waals surface area contributed by atoms with Crippen LogP contribution in [0.5, 0.6) is 0 Å². The highest BCUT2D eigenvalue weighted by molar-refractivity contribution is 6.03. The largest absolute Gasteiger partial charge is 0.376 e. The van der Waals surface area contributed by atoms with Gasteiger partial charge < -0.3 is 20.1 Å². The first-order valence-electron chi connectivity index (χ1n) is 6.98. The maximum absolute atomic E-state index is 12.2. The summed E-state index contributed by atoms with van der Waals surface area (Å²) < 4.78 is 10.2. The molecule has 0 radical (unpaired) electrons. The molecule has 1 fully saturated rings. The van der Waals surface area contributed by atoms with Crippen LogP contribution >= 0.6 is 0 Å². The lowest BCUT2D eigenvalue weighted by Crippen LogP contribution is -2.32. The van der Waals surface area contributed by atoms with Crippen molar-refractivity contribution in [2.24, 2.45) is 0 Å². The molecule has 0 aliphatic carbocycles. The maximum Gasteiger partial charge on any atom is 0.253 e. The van der Waals surface area contributed by atoms with E-state index in [1.54, 1.807) is 24.3 Å². The molecule has 1 saturated heterocycles. The molecule has 0 unspecified atom stereocenters. The number of amides is 2. The molecule has 2 N–H and O–H groups in total. The molecule has 1 aliphatic rings. The van der Waals surface area contributed by atoms with Crippen molar-refractivity contribution in [2.75, 3.05) is 32.2 Å². The predicted octanol–water partition coefficient (Wildman–Crippen LogP) is 1.18. The topological polar surface area (TPSA) is 76.7 Å². The number of para-hydroxylation sites is 1. The predicted molar refractivity (Wildman–Crippen MR) is 78.3 cm³/mol. The molecule has 0 bridgehead atoms. The van der Waals surface area contributed by atoms with Crippen LogP contribution in [0, 0.1) is 0 Å². The lowest BCUT2D eigenvalue weighted by molar-refractivity contribution is -0.119. The van der Waals surface area contributed by atoms with Crippen molar-refractivity contribution in [1.82, 2.24) is 5.32 Å². The quantitative estimate of drug-likeness (QED) is 0.825. The van der Waals surface area contributed by atoms with Gasteiger partial charge in [0, 0.05) is 20.3 Å². The molecule has 1 aromatic rings. The summed E-state index contributed by atoms with van der Waals surface area (Å²) in [5.41, 5.74) is 0.907. The Hall–Kier alpha value is -1.92. The van der Waals surface area contributed by atoms with Crippen LogP contribution in [0.1, 0.15) is 23.2 Å². The third-order valence-electron chi connectivity index (χ3n) is 3.24. The first-order valence-corrected chi connectivity index (χ1v) is 6.98. The van der Waals surface area contributed by atoms with E-state index in [4.69, 9.17) is 9.47 Å². The first-order chi connectivity index (χ1) is 10.2. The van der Waals surface area contributed by atoms with Gasteiger partial charge in [-0.25, -0.2) is 0 Å². The monoisotopic (exact) mass is 292 g/mol. The maximum atomic E-state index is 12.2. The molecule has 1 aliphatic heterocycles. The van der Waals surface area contributed by atoms with E-state index >= 15 is 0 Å². The zero-order valence-electron chi connectivity index (χ0n) is 12.1. The summed E-state index contributed by atoms with van der Waals surface area (Å²) in [7, 11) is 1.44. The molecule has 0 aromatic heterocycles. The normalized spacial score (nSPS) is 17.5. The second kappa shape index (κ2) is 7.75. The van der Waals surface area contributed by atoms with Crippen LogP contribution in [0.25, 0.3) is 0 Å². The van der Waals surface area contributed by atoms with Gasteiger partial charge in [0.15, 0.2) is 0 Å². The van der Waals surface area contributed by atoms with Crippen molar-refractivity contribution in [2.45, 2.75) is 18.9 Å². The number of nitrogens with one attached hydrogen (secondary N) is 2. The van der Waals surface area contributed by atoms with Crippen molar-refractivity contribution < 1.29 is 19.1 Å². The Morgan fingerprint density at radius 1 is 1.38 bits per heavy atom. The summed E-state index contributed by atoms with van der Waals surface area (Å²) in [6.07, 6.45) is 2.08. The lowest BCUT2D eigenvalue weighted by atomic mass is 10.1. The van der Waals surface area contributed by atoms with Crippen LogP contribution in [0.15, 0.2) is 24.3 Å². The summed E-state index contributed by atoms with van der Waals surface area (Å²) >= 11 is 0. The van der Waals surface area contributed by atoms with Gasteiger partial charge in [-0.1, -0.05) is 12.1 Å². The second-order valence-corrected chi connectivity index (χ2v) is 4.87. The molecule has 1 atom stereocenters. The van der Waals surface area contributed by atoms with Crippen LogP contribution in [-0.4, -0.2) is 44.8 Å². The van der Waals surface area contributed by atoms with Gasteiger partial charge in [-0.15, -0.1) is 0 Å². The van der Waals surface area contributed by atoms with Crippen LogP contribution < -0.4 is 10.6 Å². The molecular formula is C15H20N2O4. The van der Waals surface area contributed by atoms with Gasteiger partial charge in [0.2, 0.25) is 5.91 Å². The number of benzene rings is 1. The molecule has 0 spiro atoms. The van der Waals surface area contributed by atoms with E-state index in [0.29, 0.717) is 17.8 Å². The Morgan fingerprint density at radius 2 is 2.19 bits per heavy atom. The highest BCUT2D eigenvalue weighted by atomic mass is 16.5. The van der Waals surface area contributed by atoms with Gasteiger partial charge >= 0.3 is 0 Å². The molecule has 1 heterocycles. The fourth-order valence-corrected chi connectivity index (χ4v) is 2.21. The molecule has 6 heteroatoms. The highest BCUT2D eigenvalue weighted by Gasteiger charge is 2.18. The van der Waals surface area contributed by atoms with Gasteiger partial charge in [-0.05, 0) is 25.0 Å². The van der Waals surface area contributed by atoms with Gasteiger partial charge in [0.05, 0.1) is 17.4 Å². The van der Waals surface area contributed by atoms with E-state index in [9.17, 15) is 9.59 Å². The van der Waals surface area contributed by atoms with Crippen LogP contribution in [0.4, 0.5) is 5.69 Å². The van der Waals surface area contributed by atoms with Crippen molar-refractivity contribution in [3.8, 4) is 0 Å². The summed E-state index contributed by atoms with van der Waals surface area (Å²) in [6.45, 7) is 1.19. The fraction of sp³-hybridized carbons (Fsp3) is 0.467. The average molecular weight is 292 g/mol. The Bertz CT molecular complexity index is 498. The molecule has 2 amide bonds. The number of methoxy groups -OCH3 is 1. The molecule has 21 heavy (non-hydrogen) atoms. The number of carbonyl (C=O) groups is 2. The fourth-order valence-electron chi connectivity index (χ4n) is 2.21. The minimum Gasteiger partial charge on any atom is -0.376 e. The van der Waals surface area contributed by atoms with E-state index in [1.807, 2.05) is 0 Å². The van der Waals surface area contributed by atoms with E-state index < -0.39 is 0 Å². The van der Waals surface area contributed by atoms with Crippen molar-refractivity contribution in [3.63, 3.8) is 0 Å². The van der Waals surface area contributed by atoms with Gasteiger partial charge in [0.25, 0.3) is 5.91 Å². The van der Waals surface area contributed by atoms with Crippen LogP contribution in [0.3, 0.4) is 0 Å². The minimum absolute atomic E-state index is 0.0497. The van der Waals surface area contributed by atoms with E-state index in [1.165, 1.54) is 7.11 Å². The first kappa shape index (κ1) is 15.5. The SMILES string of the molecule is COCC(=O)Nc1ccccc1C(=O)NC[C@H]1CCCO1. The van der Waals surface area contributed by atoms with E-state index in [2.05, 4.69) is 10.6 Å². The summed E-state index contributed by atoms with van der Waals surface area (Å²) in [5, 5.41) is 5.50. The number of hydrogen-bond donors (Lipinski definition) is 2. The third-order valence-corrected chi connectivity index (χ3v) is 3.24. The number of anilines is 1. The highest BCUT2D eigenvalue weighted by Crippen LogP contribution is 2.16. The number of carbonyl (C=O) groups excluding carboxylic acids is 2. The molecule has 2 rings (SSSR count). The van der Waals surface area contributed by atoms with Crippen molar-refractivity contribution in [3.05, 3.63) is 29.8 Å². The Labute approximate surface area is 123 Å². The standard InChI is InChI=1S/C15H20N2O4/c1-20-10-14(18)17-13-7-3-2-6-12(13)15(19)16-9-11-5-4-8-21-11/h2-3,6-7,11H,4-5,8-10H2,1H3,(H,16,19)(H,17,18)/t11-/m1/s1. The minimum atomic E-state index is -0.295. The Morgan fingerprint density at radius 3 is 2.90 bits per heavy atom. The van der Waals surface area contributed by atoms with Crippen LogP contribution in [0.2, 0.25) is 0 Å². The lowest BCUT2D eigenvalue weighted by Gasteiger charge is -2.13. The van der Waals surface area contributed by atoms with Gasteiger partial charge in [-0.2, -0.15) is 0 Å². The second-order valence-electron chi connectivity index (χ2n) is 4.87. The van der Waals surface area contributed by atoms with E-state index in [0.717, 1.165) is 19.4 Å². The van der Waals surface area contributed by atoms with Crippen LogP contribution in [-0.2, 0) is 14.3 Å².